The summed E-state index contributed by atoms with van der Waals surface area (Å²) in [7, 11) is -3.94. The Kier molecular flexibility index (Phi) is 5.73. The highest BCUT2D eigenvalue weighted by molar-refractivity contribution is 7.92. The Balaban J connectivity index is 1.62. The number of aryl methyl sites for hydroxylation is 1. The highest BCUT2D eigenvalue weighted by Gasteiger charge is 2.19. The predicted molar refractivity (Wildman–Crippen MR) is 124 cm³/mol. The zero-order valence-electron chi connectivity index (χ0n) is 16.8. The summed E-state index contributed by atoms with van der Waals surface area (Å²) in [6.07, 6.45) is 0. The lowest BCUT2D eigenvalue weighted by atomic mass is 10.1. The van der Waals surface area contributed by atoms with E-state index in [1.807, 2.05) is 0 Å². The predicted octanol–water partition coefficient (Wildman–Crippen LogP) is 4.81. The van der Waals surface area contributed by atoms with Crippen LogP contribution < -0.4 is 15.7 Å². The molecule has 0 aliphatic carbocycles. The Morgan fingerprint density at radius 1 is 0.938 bits per heavy atom. The standard InChI is InChI=1S/C23H17ClN2O5S/c1-14-6-9-18(13-21(14)32(29,30)26-17-10-7-16(24)8-11-17)25-22(27)19-12-15-4-2-3-5-20(15)31-23(19)28/h2-13,26H,1H3,(H,25,27). The summed E-state index contributed by atoms with van der Waals surface area (Å²) < 4.78 is 33.5. The Hall–Kier alpha value is -3.62. The second kappa shape index (κ2) is 8.49. The number of anilines is 2. The van der Waals surface area contributed by atoms with E-state index >= 15 is 0 Å². The highest BCUT2D eigenvalue weighted by atomic mass is 35.5. The number of carbonyl (C=O) groups is 1. The van der Waals surface area contributed by atoms with Gasteiger partial charge in [-0.3, -0.25) is 9.52 Å². The van der Waals surface area contributed by atoms with Gasteiger partial charge in [-0.2, -0.15) is 0 Å². The van der Waals surface area contributed by atoms with Gasteiger partial charge < -0.3 is 9.73 Å². The van der Waals surface area contributed by atoms with Crippen LogP contribution >= 0.6 is 11.6 Å². The van der Waals surface area contributed by atoms with Crippen molar-refractivity contribution in [2.24, 2.45) is 0 Å². The molecule has 0 saturated carbocycles. The largest absolute Gasteiger partial charge is 0.422 e. The summed E-state index contributed by atoms with van der Waals surface area (Å²) in [6, 6.07) is 18.9. The smallest absolute Gasteiger partial charge is 0.349 e. The van der Waals surface area contributed by atoms with E-state index in [2.05, 4.69) is 10.0 Å². The van der Waals surface area contributed by atoms with Crippen molar-refractivity contribution in [3.63, 3.8) is 0 Å². The number of nitrogens with one attached hydrogen (secondary N) is 2. The summed E-state index contributed by atoms with van der Waals surface area (Å²) in [5, 5.41) is 3.64. The van der Waals surface area contributed by atoms with E-state index in [0.717, 1.165) is 0 Å². The van der Waals surface area contributed by atoms with E-state index in [1.54, 1.807) is 67.6 Å². The van der Waals surface area contributed by atoms with Crippen molar-refractivity contribution < 1.29 is 17.6 Å². The van der Waals surface area contributed by atoms with Gasteiger partial charge in [-0.25, -0.2) is 13.2 Å². The van der Waals surface area contributed by atoms with Crippen LogP contribution in [0.15, 0.2) is 86.9 Å². The number of amides is 1. The van der Waals surface area contributed by atoms with Gasteiger partial charge in [0.05, 0.1) is 4.90 Å². The summed E-state index contributed by atoms with van der Waals surface area (Å²) in [5.41, 5.74) is 0.431. The third kappa shape index (κ3) is 4.51. The number of carbonyl (C=O) groups excluding carboxylic acids is 1. The average molecular weight is 469 g/mol. The number of sulfonamides is 1. The number of halogens is 1. The lowest BCUT2D eigenvalue weighted by Gasteiger charge is -2.13. The van der Waals surface area contributed by atoms with Crippen LogP contribution in [0.1, 0.15) is 15.9 Å². The SMILES string of the molecule is Cc1ccc(NC(=O)c2cc3ccccc3oc2=O)cc1S(=O)(=O)Nc1ccc(Cl)cc1. The van der Waals surface area contributed by atoms with E-state index in [9.17, 15) is 18.0 Å². The molecule has 2 N–H and O–H groups in total. The molecule has 4 rings (SSSR count). The number of para-hydroxylation sites is 1. The first kappa shape index (κ1) is 21.6. The molecule has 0 bridgehead atoms. The van der Waals surface area contributed by atoms with Crippen LogP contribution in [0, 0.1) is 6.92 Å². The third-order valence-corrected chi connectivity index (χ3v) is 6.49. The maximum atomic E-state index is 12.9. The van der Waals surface area contributed by atoms with Gasteiger partial charge in [0.2, 0.25) is 0 Å². The minimum absolute atomic E-state index is 0.0178. The molecule has 0 radical (unpaired) electrons. The molecule has 3 aromatic carbocycles. The van der Waals surface area contributed by atoms with E-state index in [1.165, 1.54) is 12.1 Å². The van der Waals surface area contributed by atoms with Gasteiger partial charge >= 0.3 is 5.63 Å². The molecule has 0 aliphatic rings. The molecule has 7 nitrogen and oxygen atoms in total. The number of hydrogen-bond donors (Lipinski definition) is 2. The number of benzene rings is 3. The second-order valence-electron chi connectivity index (χ2n) is 7.03. The van der Waals surface area contributed by atoms with Crippen LogP contribution in [0.2, 0.25) is 5.02 Å². The monoisotopic (exact) mass is 468 g/mol. The van der Waals surface area contributed by atoms with Gasteiger partial charge in [0.25, 0.3) is 15.9 Å². The molecule has 32 heavy (non-hydrogen) atoms. The zero-order valence-corrected chi connectivity index (χ0v) is 18.3. The minimum atomic E-state index is -3.94. The fourth-order valence-corrected chi connectivity index (χ4v) is 4.57. The minimum Gasteiger partial charge on any atom is -0.422 e. The Bertz CT molecular complexity index is 1500. The van der Waals surface area contributed by atoms with Crippen molar-refractivity contribution in [1.82, 2.24) is 0 Å². The van der Waals surface area contributed by atoms with Crippen molar-refractivity contribution in [3.05, 3.63) is 99.4 Å². The third-order valence-electron chi connectivity index (χ3n) is 4.72. The molecule has 0 spiro atoms. The average Bonchev–Trinajstić information content (AvgIpc) is 2.76. The maximum Gasteiger partial charge on any atom is 0.349 e. The Morgan fingerprint density at radius 3 is 2.38 bits per heavy atom. The fourth-order valence-electron chi connectivity index (χ4n) is 3.11. The first-order valence-electron chi connectivity index (χ1n) is 9.46. The molecule has 162 valence electrons. The number of rotatable bonds is 5. The van der Waals surface area contributed by atoms with Crippen molar-refractivity contribution in [1.29, 1.82) is 0 Å². The van der Waals surface area contributed by atoms with Crippen LogP contribution in [0.5, 0.6) is 0 Å². The van der Waals surface area contributed by atoms with Crippen LogP contribution in [-0.2, 0) is 10.0 Å². The van der Waals surface area contributed by atoms with Gasteiger partial charge in [-0.05, 0) is 61.0 Å². The lowest BCUT2D eigenvalue weighted by Crippen LogP contribution is -2.21. The second-order valence-corrected chi connectivity index (χ2v) is 9.12. The molecule has 0 saturated heterocycles. The molecule has 1 amide bonds. The van der Waals surface area contributed by atoms with Crippen molar-refractivity contribution >= 4 is 49.9 Å². The van der Waals surface area contributed by atoms with Gasteiger partial charge in [-0.1, -0.05) is 35.9 Å². The van der Waals surface area contributed by atoms with Gasteiger partial charge in [0, 0.05) is 21.8 Å². The topological polar surface area (TPSA) is 105 Å². The first-order chi connectivity index (χ1) is 15.2. The molecule has 0 unspecified atom stereocenters. The Labute approximate surface area is 188 Å². The normalized spacial score (nSPS) is 11.3. The summed E-state index contributed by atoms with van der Waals surface area (Å²) in [6.45, 7) is 1.64. The van der Waals surface area contributed by atoms with Crippen LogP contribution in [0.4, 0.5) is 11.4 Å². The molecule has 0 aliphatic heterocycles. The fraction of sp³-hybridized carbons (Fsp3) is 0.0435. The van der Waals surface area contributed by atoms with E-state index < -0.39 is 21.6 Å². The van der Waals surface area contributed by atoms with Gasteiger partial charge in [-0.15, -0.1) is 0 Å². The van der Waals surface area contributed by atoms with Gasteiger partial charge in [0.1, 0.15) is 11.1 Å². The molecule has 1 heterocycles. The maximum absolute atomic E-state index is 12.9. The zero-order chi connectivity index (χ0) is 22.9. The molecule has 9 heteroatoms. The Morgan fingerprint density at radius 2 is 1.62 bits per heavy atom. The van der Waals surface area contributed by atoms with Crippen molar-refractivity contribution in [2.75, 3.05) is 10.0 Å². The van der Waals surface area contributed by atoms with Crippen LogP contribution in [0.3, 0.4) is 0 Å². The molecule has 0 atom stereocenters. The van der Waals surface area contributed by atoms with Crippen LogP contribution in [0.25, 0.3) is 11.0 Å². The van der Waals surface area contributed by atoms with E-state index in [4.69, 9.17) is 16.0 Å². The molecular weight excluding hydrogens is 452 g/mol. The number of hydrogen-bond acceptors (Lipinski definition) is 5. The molecule has 0 fully saturated rings. The summed E-state index contributed by atoms with van der Waals surface area (Å²) >= 11 is 5.84. The lowest BCUT2D eigenvalue weighted by molar-refractivity contribution is 0.102. The van der Waals surface area contributed by atoms with Crippen LogP contribution in [-0.4, -0.2) is 14.3 Å². The van der Waals surface area contributed by atoms with E-state index in [0.29, 0.717) is 27.2 Å². The molecule has 4 aromatic rings. The summed E-state index contributed by atoms with van der Waals surface area (Å²) in [5.74, 6) is -0.706. The van der Waals surface area contributed by atoms with Gasteiger partial charge in [0.15, 0.2) is 0 Å². The number of fused-ring (bicyclic) bond motifs is 1. The first-order valence-corrected chi connectivity index (χ1v) is 11.3. The highest BCUT2D eigenvalue weighted by Crippen LogP contribution is 2.24. The summed E-state index contributed by atoms with van der Waals surface area (Å²) in [4.78, 5) is 24.9. The quantitative estimate of drug-likeness (QED) is 0.409. The van der Waals surface area contributed by atoms with E-state index in [-0.39, 0.29) is 16.1 Å². The van der Waals surface area contributed by atoms with Crippen molar-refractivity contribution in [3.8, 4) is 0 Å². The molecule has 1 aromatic heterocycles. The molecular formula is C23H17ClN2O5S. The van der Waals surface area contributed by atoms with Crippen molar-refractivity contribution in [2.45, 2.75) is 11.8 Å².